The third kappa shape index (κ3) is 4.77. The molecule has 0 aromatic heterocycles. The first-order valence-electron chi connectivity index (χ1n) is 12.3. The summed E-state index contributed by atoms with van der Waals surface area (Å²) in [6, 6.07) is 14.5. The van der Waals surface area contributed by atoms with Crippen LogP contribution in [0.4, 0.5) is 0 Å². The first kappa shape index (κ1) is 23.8. The smallest absolute Gasteiger partial charge is 0.251 e. The molecule has 1 heterocycles. The van der Waals surface area contributed by atoms with Crippen LogP contribution in [0.1, 0.15) is 53.2 Å². The minimum Gasteiger partial charge on any atom is -0.350 e. The molecule has 0 bridgehead atoms. The molecule has 1 aliphatic heterocycles. The van der Waals surface area contributed by atoms with Crippen molar-refractivity contribution in [3.63, 3.8) is 0 Å². The van der Waals surface area contributed by atoms with Crippen LogP contribution in [0.15, 0.2) is 66.1 Å². The Morgan fingerprint density at radius 3 is 2.34 bits per heavy atom. The minimum atomic E-state index is -3.64. The lowest BCUT2D eigenvalue weighted by atomic mass is 9.87. The highest BCUT2D eigenvalue weighted by Crippen LogP contribution is 2.40. The zero-order valence-electron chi connectivity index (χ0n) is 19.7. The maximum atomic E-state index is 13.2. The molecule has 0 spiro atoms. The third-order valence-electron chi connectivity index (χ3n) is 7.68. The minimum absolute atomic E-state index is 0.0278. The van der Waals surface area contributed by atoms with Crippen LogP contribution in [0.3, 0.4) is 0 Å². The van der Waals surface area contributed by atoms with Gasteiger partial charge in [0.25, 0.3) is 5.91 Å². The van der Waals surface area contributed by atoms with Gasteiger partial charge < -0.3 is 10.6 Å². The van der Waals surface area contributed by atoms with Crippen LogP contribution in [-0.2, 0) is 21.2 Å². The Labute approximate surface area is 206 Å². The molecule has 7 nitrogen and oxygen atoms in total. The number of nitrogens with zero attached hydrogens (tertiary/aromatic N) is 1. The number of aryl methyl sites for hydroxylation is 1. The van der Waals surface area contributed by atoms with Crippen LogP contribution in [-0.4, -0.2) is 43.7 Å². The van der Waals surface area contributed by atoms with Crippen molar-refractivity contribution in [3.05, 3.63) is 77.9 Å². The standard InChI is InChI=1S/C27H31N3O4S/c1-2-26(31)28-22-14-20-16-30(17-21(20)15-22)35(33,34)23-12-10-19(11-13-23)27(32)29-25-9-5-7-18-6-3-4-8-24(18)25/h2-4,6,8,10-13,20-22,25H,1,5,7,9,14-17H2,(H,28,31)(H,29,32). The summed E-state index contributed by atoms with van der Waals surface area (Å²) in [6.07, 6.45) is 5.77. The second-order valence-corrected chi connectivity index (χ2v) is 11.8. The topological polar surface area (TPSA) is 95.6 Å². The highest BCUT2D eigenvalue weighted by atomic mass is 32.2. The molecular weight excluding hydrogens is 462 g/mol. The van der Waals surface area contributed by atoms with Crippen LogP contribution in [0.2, 0.25) is 0 Å². The van der Waals surface area contributed by atoms with Crippen molar-refractivity contribution < 1.29 is 18.0 Å². The average molecular weight is 494 g/mol. The first-order valence-corrected chi connectivity index (χ1v) is 13.7. The van der Waals surface area contributed by atoms with Gasteiger partial charge in [-0.25, -0.2) is 8.42 Å². The Bertz CT molecular complexity index is 1230. The number of fused-ring (bicyclic) bond motifs is 2. The van der Waals surface area contributed by atoms with Gasteiger partial charge in [0, 0.05) is 24.7 Å². The lowest BCUT2D eigenvalue weighted by Crippen LogP contribution is -2.35. The van der Waals surface area contributed by atoms with E-state index in [1.807, 2.05) is 12.1 Å². The summed E-state index contributed by atoms with van der Waals surface area (Å²) in [6.45, 7) is 4.39. The molecule has 3 aliphatic rings. The van der Waals surface area contributed by atoms with Crippen LogP contribution < -0.4 is 10.6 Å². The number of hydrogen-bond acceptors (Lipinski definition) is 4. The summed E-state index contributed by atoms with van der Waals surface area (Å²) in [7, 11) is -3.64. The number of carbonyl (C=O) groups excluding carboxylic acids is 2. The molecule has 3 unspecified atom stereocenters. The fraction of sp³-hybridized carbons (Fsp3) is 0.407. The van der Waals surface area contributed by atoms with E-state index >= 15 is 0 Å². The lowest BCUT2D eigenvalue weighted by Gasteiger charge is -2.26. The van der Waals surface area contributed by atoms with Gasteiger partial charge in [-0.15, -0.1) is 0 Å². The largest absolute Gasteiger partial charge is 0.350 e. The molecule has 3 atom stereocenters. The van der Waals surface area contributed by atoms with Crippen LogP contribution in [0.5, 0.6) is 0 Å². The monoisotopic (exact) mass is 493 g/mol. The lowest BCUT2D eigenvalue weighted by molar-refractivity contribution is -0.117. The third-order valence-corrected chi connectivity index (χ3v) is 9.52. The summed E-state index contributed by atoms with van der Waals surface area (Å²) in [4.78, 5) is 24.7. The highest BCUT2D eigenvalue weighted by Gasteiger charge is 2.45. The molecular formula is C27H31N3O4S. The van der Waals surface area contributed by atoms with E-state index in [1.54, 1.807) is 16.4 Å². The molecule has 8 heteroatoms. The van der Waals surface area contributed by atoms with E-state index in [2.05, 4.69) is 29.3 Å². The number of hydrogen-bond donors (Lipinski definition) is 2. The molecule has 5 rings (SSSR count). The first-order chi connectivity index (χ1) is 16.8. The van der Waals surface area contributed by atoms with Crippen molar-refractivity contribution in [1.82, 2.24) is 14.9 Å². The van der Waals surface area contributed by atoms with Crippen molar-refractivity contribution in [3.8, 4) is 0 Å². The second-order valence-electron chi connectivity index (χ2n) is 9.86. The van der Waals surface area contributed by atoms with Crippen molar-refractivity contribution >= 4 is 21.8 Å². The molecule has 35 heavy (non-hydrogen) atoms. The highest BCUT2D eigenvalue weighted by molar-refractivity contribution is 7.89. The number of carbonyl (C=O) groups is 2. The van der Waals surface area contributed by atoms with Gasteiger partial charge >= 0.3 is 0 Å². The van der Waals surface area contributed by atoms with E-state index in [4.69, 9.17) is 0 Å². The second kappa shape index (κ2) is 9.59. The van der Waals surface area contributed by atoms with Crippen molar-refractivity contribution in [2.45, 2.75) is 49.1 Å². The zero-order valence-corrected chi connectivity index (χ0v) is 20.5. The van der Waals surface area contributed by atoms with Crippen LogP contribution >= 0.6 is 0 Å². The normalized spacial score (nSPS) is 25.9. The molecule has 2 aliphatic carbocycles. The van der Waals surface area contributed by atoms with E-state index in [9.17, 15) is 18.0 Å². The summed E-state index contributed by atoms with van der Waals surface area (Å²) >= 11 is 0. The van der Waals surface area contributed by atoms with E-state index in [1.165, 1.54) is 23.8 Å². The number of rotatable bonds is 6. The number of sulfonamides is 1. The Kier molecular flexibility index (Phi) is 6.51. The van der Waals surface area contributed by atoms with E-state index in [-0.39, 0.29) is 40.6 Å². The molecule has 2 amide bonds. The average Bonchev–Trinajstić information content (AvgIpc) is 3.43. The Balaban J connectivity index is 1.22. The molecule has 0 radical (unpaired) electrons. The fourth-order valence-electron chi connectivity index (χ4n) is 5.90. The zero-order chi connectivity index (χ0) is 24.6. The quantitative estimate of drug-likeness (QED) is 0.604. The fourth-order valence-corrected chi connectivity index (χ4v) is 7.46. The molecule has 2 fully saturated rings. The molecule has 1 saturated carbocycles. The molecule has 2 aromatic rings. The molecule has 1 saturated heterocycles. The number of benzene rings is 2. The summed E-state index contributed by atoms with van der Waals surface area (Å²) in [5, 5.41) is 6.05. The van der Waals surface area contributed by atoms with Crippen molar-refractivity contribution in [2.24, 2.45) is 11.8 Å². The van der Waals surface area contributed by atoms with Gasteiger partial charge in [-0.1, -0.05) is 30.8 Å². The van der Waals surface area contributed by atoms with E-state index < -0.39 is 10.0 Å². The van der Waals surface area contributed by atoms with Gasteiger partial charge in [-0.3, -0.25) is 9.59 Å². The van der Waals surface area contributed by atoms with Gasteiger partial charge in [-0.2, -0.15) is 4.31 Å². The Morgan fingerprint density at radius 2 is 1.66 bits per heavy atom. The van der Waals surface area contributed by atoms with Gasteiger partial charge in [0.05, 0.1) is 10.9 Å². The van der Waals surface area contributed by atoms with Crippen LogP contribution in [0.25, 0.3) is 0 Å². The van der Waals surface area contributed by atoms with E-state index in [0.717, 1.165) is 37.7 Å². The maximum Gasteiger partial charge on any atom is 0.251 e. The molecule has 2 aromatic carbocycles. The van der Waals surface area contributed by atoms with Crippen molar-refractivity contribution in [2.75, 3.05) is 13.1 Å². The van der Waals surface area contributed by atoms with Gasteiger partial charge in [0.15, 0.2) is 0 Å². The molecule has 184 valence electrons. The number of nitrogens with one attached hydrogen (secondary N) is 2. The van der Waals surface area contributed by atoms with Gasteiger partial charge in [-0.05, 0) is 85.4 Å². The summed E-state index contributed by atoms with van der Waals surface area (Å²) in [5.74, 6) is 0.0990. The van der Waals surface area contributed by atoms with Crippen molar-refractivity contribution in [1.29, 1.82) is 0 Å². The van der Waals surface area contributed by atoms with Gasteiger partial charge in [0.2, 0.25) is 15.9 Å². The predicted octanol–water partition coefficient (Wildman–Crippen LogP) is 3.20. The SMILES string of the molecule is C=CC(=O)NC1CC2CN(S(=O)(=O)c3ccc(C(=O)NC4CCCc5ccccc54)cc3)CC2C1. The van der Waals surface area contributed by atoms with E-state index in [0.29, 0.717) is 18.7 Å². The number of amides is 2. The summed E-state index contributed by atoms with van der Waals surface area (Å²) < 4.78 is 28.0. The van der Waals surface area contributed by atoms with Gasteiger partial charge in [0.1, 0.15) is 0 Å². The van der Waals surface area contributed by atoms with Crippen LogP contribution in [0, 0.1) is 11.8 Å². The Morgan fingerprint density at radius 1 is 0.971 bits per heavy atom. The summed E-state index contributed by atoms with van der Waals surface area (Å²) in [5.41, 5.74) is 2.89. The Hall–Kier alpha value is -2.97. The predicted molar refractivity (Wildman–Crippen MR) is 133 cm³/mol. The maximum absolute atomic E-state index is 13.2. The molecule has 2 N–H and O–H groups in total.